The lowest BCUT2D eigenvalue weighted by molar-refractivity contribution is -0.148. The van der Waals surface area contributed by atoms with Gasteiger partial charge in [0, 0.05) is 0 Å². The SMILES string of the molecule is CC(C)CCCCCCCCCCCCCC(CC(=O)O)C(=O)O. The van der Waals surface area contributed by atoms with Crippen LogP contribution < -0.4 is 0 Å². The lowest BCUT2D eigenvalue weighted by Gasteiger charge is -2.09. The van der Waals surface area contributed by atoms with Crippen molar-refractivity contribution >= 4 is 11.9 Å². The molecule has 1 unspecified atom stereocenters. The Morgan fingerprint density at radius 2 is 1.04 bits per heavy atom. The largest absolute Gasteiger partial charge is 0.481 e. The van der Waals surface area contributed by atoms with Crippen molar-refractivity contribution in [1.29, 1.82) is 0 Å². The smallest absolute Gasteiger partial charge is 0.307 e. The molecule has 0 rings (SSSR count). The Hall–Kier alpha value is -1.06. The highest BCUT2D eigenvalue weighted by Crippen LogP contribution is 2.17. The summed E-state index contributed by atoms with van der Waals surface area (Å²) in [5.41, 5.74) is 0. The van der Waals surface area contributed by atoms with Crippen molar-refractivity contribution in [2.24, 2.45) is 11.8 Å². The number of carboxylic acids is 2. The number of unbranched alkanes of at least 4 members (excludes halogenated alkanes) is 10. The van der Waals surface area contributed by atoms with E-state index in [0.29, 0.717) is 6.42 Å². The van der Waals surface area contributed by atoms with Crippen molar-refractivity contribution in [3.8, 4) is 0 Å². The molecule has 0 aliphatic rings. The lowest BCUT2D eigenvalue weighted by atomic mass is 9.97. The van der Waals surface area contributed by atoms with Crippen molar-refractivity contribution in [2.75, 3.05) is 0 Å². The third-order valence-electron chi connectivity index (χ3n) is 4.60. The Morgan fingerprint density at radius 3 is 1.38 bits per heavy atom. The van der Waals surface area contributed by atoms with Gasteiger partial charge in [-0.1, -0.05) is 90.9 Å². The summed E-state index contributed by atoms with van der Waals surface area (Å²) in [7, 11) is 0. The van der Waals surface area contributed by atoms with Gasteiger partial charge in [0.1, 0.15) is 0 Å². The van der Waals surface area contributed by atoms with Gasteiger partial charge in [-0.25, -0.2) is 0 Å². The van der Waals surface area contributed by atoms with Crippen LogP contribution in [0.5, 0.6) is 0 Å². The van der Waals surface area contributed by atoms with Crippen LogP contribution in [0.15, 0.2) is 0 Å². The molecule has 0 aromatic rings. The zero-order valence-electron chi connectivity index (χ0n) is 15.8. The fourth-order valence-corrected chi connectivity index (χ4v) is 3.06. The molecule has 24 heavy (non-hydrogen) atoms. The molecule has 0 radical (unpaired) electrons. The Morgan fingerprint density at radius 1 is 0.667 bits per heavy atom. The normalized spacial score (nSPS) is 12.5. The van der Waals surface area contributed by atoms with Gasteiger partial charge in [-0.3, -0.25) is 9.59 Å². The molecule has 0 bridgehead atoms. The molecule has 0 amide bonds. The maximum absolute atomic E-state index is 10.9. The number of carboxylic acid groups (broad SMARTS) is 2. The van der Waals surface area contributed by atoms with Crippen LogP contribution in [0.25, 0.3) is 0 Å². The Bertz CT molecular complexity index is 326. The summed E-state index contributed by atoms with van der Waals surface area (Å²) in [4.78, 5) is 21.5. The highest BCUT2D eigenvalue weighted by atomic mass is 16.4. The topological polar surface area (TPSA) is 74.6 Å². The van der Waals surface area contributed by atoms with E-state index in [9.17, 15) is 9.59 Å². The second-order valence-corrected chi connectivity index (χ2v) is 7.49. The molecule has 4 heteroatoms. The highest BCUT2D eigenvalue weighted by molar-refractivity contribution is 5.77. The lowest BCUT2D eigenvalue weighted by Crippen LogP contribution is -2.17. The summed E-state index contributed by atoms with van der Waals surface area (Å²) in [6, 6.07) is 0. The van der Waals surface area contributed by atoms with Crippen LogP contribution in [-0.4, -0.2) is 22.2 Å². The Kier molecular flexibility index (Phi) is 14.8. The minimum absolute atomic E-state index is 0.257. The van der Waals surface area contributed by atoms with E-state index in [1.54, 1.807) is 0 Å². The molecule has 0 fully saturated rings. The van der Waals surface area contributed by atoms with Crippen LogP contribution in [0, 0.1) is 11.8 Å². The average molecular weight is 343 g/mol. The van der Waals surface area contributed by atoms with E-state index < -0.39 is 17.9 Å². The minimum Gasteiger partial charge on any atom is -0.481 e. The Balaban J connectivity index is 3.33. The van der Waals surface area contributed by atoms with Gasteiger partial charge in [-0.15, -0.1) is 0 Å². The Labute approximate surface area is 148 Å². The van der Waals surface area contributed by atoms with Crippen LogP contribution in [0.2, 0.25) is 0 Å². The predicted molar refractivity (Wildman–Crippen MR) is 98.2 cm³/mol. The second-order valence-electron chi connectivity index (χ2n) is 7.49. The first-order valence-electron chi connectivity index (χ1n) is 9.88. The van der Waals surface area contributed by atoms with Crippen LogP contribution in [0.1, 0.15) is 104 Å². The van der Waals surface area contributed by atoms with Crippen molar-refractivity contribution in [2.45, 2.75) is 104 Å². The molecule has 1 atom stereocenters. The van der Waals surface area contributed by atoms with E-state index in [0.717, 1.165) is 25.2 Å². The van der Waals surface area contributed by atoms with Gasteiger partial charge in [0.05, 0.1) is 12.3 Å². The van der Waals surface area contributed by atoms with Gasteiger partial charge < -0.3 is 10.2 Å². The van der Waals surface area contributed by atoms with Crippen LogP contribution in [-0.2, 0) is 9.59 Å². The number of hydrogen-bond donors (Lipinski definition) is 2. The molecule has 4 nitrogen and oxygen atoms in total. The van der Waals surface area contributed by atoms with Gasteiger partial charge in [-0.05, 0) is 12.3 Å². The average Bonchev–Trinajstić information content (AvgIpc) is 2.49. The third kappa shape index (κ3) is 15.8. The molecule has 0 spiro atoms. The minimum atomic E-state index is -1.02. The van der Waals surface area contributed by atoms with Crippen LogP contribution in [0.4, 0.5) is 0 Å². The van der Waals surface area contributed by atoms with Gasteiger partial charge in [-0.2, -0.15) is 0 Å². The summed E-state index contributed by atoms with van der Waals surface area (Å²) in [6.07, 6.45) is 15.1. The van der Waals surface area contributed by atoms with Crippen molar-refractivity contribution in [3.63, 3.8) is 0 Å². The molecular formula is C20H38O4. The molecule has 0 aliphatic carbocycles. The number of rotatable bonds is 17. The first kappa shape index (κ1) is 22.9. The number of hydrogen-bond acceptors (Lipinski definition) is 2. The first-order valence-corrected chi connectivity index (χ1v) is 9.88. The van der Waals surface area contributed by atoms with Crippen molar-refractivity contribution in [3.05, 3.63) is 0 Å². The fraction of sp³-hybridized carbons (Fsp3) is 0.900. The van der Waals surface area contributed by atoms with Gasteiger partial charge in [0.2, 0.25) is 0 Å². The van der Waals surface area contributed by atoms with E-state index in [2.05, 4.69) is 13.8 Å². The van der Waals surface area contributed by atoms with Crippen molar-refractivity contribution < 1.29 is 19.8 Å². The first-order chi connectivity index (χ1) is 11.4. The maximum atomic E-state index is 10.9. The van der Waals surface area contributed by atoms with Gasteiger partial charge in [0.25, 0.3) is 0 Å². The van der Waals surface area contributed by atoms with E-state index in [4.69, 9.17) is 10.2 Å². The van der Waals surface area contributed by atoms with Crippen molar-refractivity contribution in [1.82, 2.24) is 0 Å². The number of carbonyl (C=O) groups is 2. The predicted octanol–water partition coefficient (Wildman–Crippen LogP) is 5.89. The zero-order valence-corrected chi connectivity index (χ0v) is 15.8. The molecule has 0 aliphatic heterocycles. The molecule has 0 saturated carbocycles. The van der Waals surface area contributed by atoms with E-state index >= 15 is 0 Å². The van der Waals surface area contributed by atoms with E-state index in [-0.39, 0.29) is 6.42 Å². The zero-order chi connectivity index (χ0) is 18.2. The van der Waals surface area contributed by atoms with Crippen LogP contribution >= 0.6 is 0 Å². The molecule has 0 heterocycles. The molecular weight excluding hydrogens is 304 g/mol. The highest BCUT2D eigenvalue weighted by Gasteiger charge is 2.20. The summed E-state index contributed by atoms with van der Waals surface area (Å²) < 4.78 is 0. The summed E-state index contributed by atoms with van der Waals surface area (Å²) >= 11 is 0. The van der Waals surface area contributed by atoms with Gasteiger partial charge in [0.15, 0.2) is 0 Å². The summed E-state index contributed by atoms with van der Waals surface area (Å²) in [5.74, 6) is -1.89. The molecule has 142 valence electrons. The fourth-order valence-electron chi connectivity index (χ4n) is 3.06. The second kappa shape index (κ2) is 15.5. The monoisotopic (exact) mass is 342 g/mol. The molecule has 0 aromatic heterocycles. The van der Waals surface area contributed by atoms with Gasteiger partial charge >= 0.3 is 11.9 Å². The molecule has 0 saturated heterocycles. The quantitative estimate of drug-likeness (QED) is 0.323. The summed E-state index contributed by atoms with van der Waals surface area (Å²) in [5, 5.41) is 17.6. The third-order valence-corrected chi connectivity index (χ3v) is 4.60. The summed E-state index contributed by atoms with van der Waals surface area (Å²) in [6.45, 7) is 4.57. The standard InChI is InChI=1S/C20H38O4/c1-17(2)14-12-10-8-6-4-3-5-7-9-11-13-15-18(20(23)24)16-19(21)22/h17-18H,3-16H2,1-2H3,(H,21,22)(H,23,24). The molecule has 2 N–H and O–H groups in total. The van der Waals surface area contributed by atoms with E-state index in [1.807, 2.05) is 0 Å². The molecule has 0 aromatic carbocycles. The number of aliphatic carboxylic acids is 2. The van der Waals surface area contributed by atoms with Crippen LogP contribution in [0.3, 0.4) is 0 Å². The maximum Gasteiger partial charge on any atom is 0.307 e. The van der Waals surface area contributed by atoms with E-state index in [1.165, 1.54) is 57.8 Å².